The maximum atomic E-state index is 12.4. The number of rotatable bonds is 6. The second-order valence-electron chi connectivity index (χ2n) is 5.86. The number of likely N-dealkylation sites (N-methyl/N-ethyl adjacent to an activating group) is 1. The molecule has 0 aliphatic heterocycles. The summed E-state index contributed by atoms with van der Waals surface area (Å²) in [6, 6.07) is 17.1. The van der Waals surface area contributed by atoms with Crippen molar-refractivity contribution in [3.8, 4) is 0 Å². The molecule has 24 heavy (non-hydrogen) atoms. The van der Waals surface area contributed by atoms with Gasteiger partial charge in [-0.25, -0.2) is 0 Å². The quantitative estimate of drug-likeness (QED) is 0.858. The molecular formula is C19H23N3O2. The van der Waals surface area contributed by atoms with E-state index < -0.39 is 0 Å². The van der Waals surface area contributed by atoms with Crippen LogP contribution in [-0.4, -0.2) is 37.4 Å². The molecule has 2 aromatic carbocycles. The van der Waals surface area contributed by atoms with Crippen molar-refractivity contribution >= 4 is 17.5 Å². The first kappa shape index (κ1) is 17.7. The Morgan fingerprint density at radius 1 is 1.04 bits per heavy atom. The van der Waals surface area contributed by atoms with E-state index in [1.54, 1.807) is 24.3 Å². The fourth-order valence-corrected chi connectivity index (χ4v) is 2.51. The number of anilines is 1. The van der Waals surface area contributed by atoms with Crippen LogP contribution in [0.3, 0.4) is 0 Å². The number of carbonyl (C=O) groups is 2. The van der Waals surface area contributed by atoms with E-state index in [4.69, 9.17) is 0 Å². The van der Waals surface area contributed by atoms with Crippen LogP contribution in [-0.2, 0) is 4.79 Å². The van der Waals surface area contributed by atoms with Gasteiger partial charge in [0.2, 0.25) is 5.91 Å². The van der Waals surface area contributed by atoms with E-state index >= 15 is 0 Å². The van der Waals surface area contributed by atoms with E-state index in [2.05, 4.69) is 15.5 Å². The van der Waals surface area contributed by atoms with Gasteiger partial charge in [-0.3, -0.25) is 9.59 Å². The molecule has 2 aromatic rings. The van der Waals surface area contributed by atoms with Gasteiger partial charge in [0.1, 0.15) is 0 Å². The molecule has 0 saturated heterocycles. The SMILES string of the molecule is CC(=O)Nc1cccc(C(=O)NCC(c2ccccc2)N(C)C)c1. The summed E-state index contributed by atoms with van der Waals surface area (Å²) in [5.74, 6) is -0.325. The second kappa shape index (κ2) is 8.26. The van der Waals surface area contributed by atoms with Crippen LogP contribution in [0.4, 0.5) is 5.69 Å². The Bertz CT molecular complexity index is 699. The fourth-order valence-electron chi connectivity index (χ4n) is 2.51. The molecule has 0 aliphatic carbocycles. The Labute approximate surface area is 142 Å². The Morgan fingerprint density at radius 3 is 2.38 bits per heavy atom. The summed E-state index contributed by atoms with van der Waals surface area (Å²) in [7, 11) is 3.97. The van der Waals surface area contributed by atoms with E-state index in [-0.39, 0.29) is 17.9 Å². The molecule has 0 spiro atoms. The van der Waals surface area contributed by atoms with Gasteiger partial charge in [-0.1, -0.05) is 36.4 Å². The normalized spacial score (nSPS) is 11.8. The molecule has 0 fully saturated rings. The van der Waals surface area contributed by atoms with Crippen LogP contribution >= 0.6 is 0 Å². The maximum Gasteiger partial charge on any atom is 0.251 e. The Kier molecular flexibility index (Phi) is 6.09. The van der Waals surface area contributed by atoms with Crippen molar-refractivity contribution in [3.05, 3.63) is 65.7 Å². The molecule has 2 amide bonds. The largest absolute Gasteiger partial charge is 0.350 e. The zero-order chi connectivity index (χ0) is 17.5. The first-order chi connectivity index (χ1) is 11.5. The molecule has 1 atom stereocenters. The zero-order valence-corrected chi connectivity index (χ0v) is 14.2. The molecular weight excluding hydrogens is 302 g/mol. The minimum Gasteiger partial charge on any atom is -0.350 e. The molecule has 1 unspecified atom stereocenters. The molecule has 0 aromatic heterocycles. The lowest BCUT2D eigenvalue weighted by atomic mass is 10.1. The lowest BCUT2D eigenvalue weighted by molar-refractivity contribution is -0.114. The van der Waals surface area contributed by atoms with Gasteiger partial charge >= 0.3 is 0 Å². The summed E-state index contributed by atoms with van der Waals surface area (Å²) in [6.45, 7) is 1.94. The fraction of sp³-hybridized carbons (Fsp3) is 0.263. The van der Waals surface area contributed by atoms with E-state index in [1.807, 2.05) is 44.4 Å². The van der Waals surface area contributed by atoms with Crippen molar-refractivity contribution in [2.24, 2.45) is 0 Å². The number of hydrogen-bond acceptors (Lipinski definition) is 3. The average Bonchev–Trinajstić information content (AvgIpc) is 2.55. The highest BCUT2D eigenvalue weighted by molar-refractivity contribution is 5.96. The molecule has 0 heterocycles. The van der Waals surface area contributed by atoms with Crippen LogP contribution in [0, 0.1) is 0 Å². The van der Waals surface area contributed by atoms with Crippen LogP contribution in [0.15, 0.2) is 54.6 Å². The van der Waals surface area contributed by atoms with Gasteiger partial charge in [0.05, 0.1) is 6.04 Å². The zero-order valence-electron chi connectivity index (χ0n) is 14.2. The summed E-state index contributed by atoms with van der Waals surface area (Å²) in [4.78, 5) is 25.6. The highest BCUT2D eigenvalue weighted by Gasteiger charge is 2.15. The van der Waals surface area contributed by atoms with E-state index in [0.717, 1.165) is 5.56 Å². The van der Waals surface area contributed by atoms with Crippen molar-refractivity contribution in [1.82, 2.24) is 10.2 Å². The smallest absolute Gasteiger partial charge is 0.251 e. The number of carbonyl (C=O) groups excluding carboxylic acids is 2. The molecule has 0 radical (unpaired) electrons. The third-order valence-electron chi connectivity index (χ3n) is 3.71. The first-order valence-electron chi connectivity index (χ1n) is 7.84. The average molecular weight is 325 g/mol. The van der Waals surface area contributed by atoms with Crippen molar-refractivity contribution < 1.29 is 9.59 Å². The minimum absolute atomic E-state index is 0.0914. The van der Waals surface area contributed by atoms with Crippen molar-refractivity contribution in [3.63, 3.8) is 0 Å². The number of nitrogens with zero attached hydrogens (tertiary/aromatic N) is 1. The van der Waals surface area contributed by atoms with Gasteiger partial charge in [-0.2, -0.15) is 0 Å². The Hall–Kier alpha value is -2.66. The second-order valence-corrected chi connectivity index (χ2v) is 5.86. The molecule has 5 heteroatoms. The maximum absolute atomic E-state index is 12.4. The number of hydrogen-bond donors (Lipinski definition) is 2. The number of nitrogens with one attached hydrogen (secondary N) is 2. The lowest BCUT2D eigenvalue weighted by Gasteiger charge is -2.25. The summed E-state index contributed by atoms with van der Waals surface area (Å²) in [6.07, 6.45) is 0. The summed E-state index contributed by atoms with van der Waals surface area (Å²) < 4.78 is 0. The van der Waals surface area contributed by atoms with Gasteiger partial charge in [-0.05, 0) is 37.9 Å². The van der Waals surface area contributed by atoms with Crippen LogP contribution in [0.2, 0.25) is 0 Å². The first-order valence-corrected chi connectivity index (χ1v) is 7.84. The van der Waals surface area contributed by atoms with E-state index in [0.29, 0.717) is 17.8 Å². The van der Waals surface area contributed by atoms with Crippen molar-refractivity contribution in [2.45, 2.75) is 13.0 Å². The highest BCUT2D eigenvalue weighted by atomic mass is 16.2. The Balaban J connectivity index is 2.05. The third kappa shape index (κ3) is 4.93. The van der Waals surface area contributed by atoms with E-state index in [9.17, 15) is 9.59 Å². The van der Waals surface area contributed by atoms with Crippen LogP contribution in [0.5, 0.6) is 0 Å². The summed E-state index contributed by atoms with van der Waals surface area (Å²) in [5, 5.41) is 5.65. The van der Waals surface area contributed by atoms with Gasteiger partial charge in [0.15, 0.2) is 0 Å². The predicted octanol–water partition coefficient (Wildman–Crippen LogP) is 2.68. The van der Waals surface area contributed by atoms with Crippen molar-refractivity contribution in [2.75, 3.05) is 26.0 Å². The number of benzene rings is 2. The van der Waals surface area contributed by atoms with Crippen LogP contribution in [0.25, 0.3) is 0 Å². The van der Waals surface area contributed by atoms with E-state index in [1.165, 1.54) is 6.92 Å². The predicted molar refractivity (Wildman–Crippen MR) is 95.9 cm³/mol. The highest BCUT2D eigenvalue weighted by Crippen LogP contribution is 2.17. The third-order valence-corrected chi connectivity index (χ3v) is 3.71. The molecule has 126 valence electrons. The van der Waals surface area contributed by atoms with Gasteiger partial charge < -0.3 is 15.5 Å². The summed E-state index contributed by atoms with van der Waals surface area (Å²) >= 11 is 0. The molecule has 0 aliphatic rings. The molecule has 2 N–H and O–H groups in total. The van der Waals surface area contributed by atoms with Gasteiger partial charge in [0, 0.05) is 24.7 Å². The molecule has 2 rings (SSSR count). The van der Waals surface area contributed by atoms with Gasteiger partial charge in [-0.15, -0.1) is 0 Å². The molecule has 5 nitrogen and oxygen atoms in total. The van der Waals surface area contributed by atoms with Crippen LogP contribution in [0.1, 0.15) is 28.9 Å². The summed E-state index contributed by atoms with van der Waals surface area (Å²) in [5.41, 5.74) is 2.28. The topological polar surface area (TPSA) is 61.4 Å². The van der Waals surface area contributed by atoms with Crippen molar-refractivity contribution in [1.29, 1.82) is 0 Å². The monoisotopic (exact) mass is 325 g/mol. The molecule has 0 bridgehead atoms. The van der Waals surface area contributed by atoms with Crippen LogP contribution < -0.4 is 10.6 Å². The lowest BCUT2D eigenvalue weighted by Crippen LogP contribution is -2.34. The minimum atomic E-state index is -0.163. The number of amides is 2. The standard InChI is InChI=1S/C19H23N3O2/c1-14(23)21-17-11-7-10-16(12-17)19(24)20-13-18(22(2)3)15-8-5-4-6-9-15/h4-12,18H,13H2,1-3H3,(H,20,24)(H,21,23). The molecule has 0 saturated carbocycles. The Morgan fingerprint density at radius 2 is 1.75 bits per heavy atom. The van der Waals surface area contributed by atoms with Gasteiger partial charge in [0.25, 0.3) is 5.91 Å².